The molecule has 0 aliphatic heterocycles. The number of carbonyl (C=O) groups excluding carboxylic acids is 4. The molecule has 2 aromatic carbocycles. The van der Waals surface area contributed by atoms with Crippen molar-refractivity contribution < 1.29 is 23.9 Å². The summed E-state index contributed by atoms with van der Waals surface area (Å²) in [5.74, 6) is -1.54. The summed E-state index contributed by atoms with van der Waals surface area (Å²) >= 11 is 0. The highest BCUT2D eigenvalue weighted by atomic mass is 16.5. The molecular formula is C24H24N2O5. The van der Waals surface area contributed by atoms with Gasteiger partial charge in [-0.1, -0.05) is 44.0 Å². The van der Waals surface area contributed by atoms with E-state index in [0.29, 0.717) is 11.5 Å². The van der Waals surface area contributed by atoms with Crippen molar-refractivity contribution in [1.82, 2.24) is 5.32 Å². The average molecular weight is 420 g/mol. The number of anilines is 1. The SMILES string of the molecule is C[C@H]1CCCC[C@H]1NC(=O)COC(=O)c1ccc2c(c1N)C(=O)c1ccccc1C2=O. The maximum absolute atomic E-state index is 12.9. The standard InChI is InChI=1S/C24H24N2O5/c1-13-6-2-5-9-18(13)26-19(27)12-31-24(30)17-11-10-16-20(21(17)25)23(29)15-8-4-3-7-14(15)22(16)28/h3-4,7-8,10-11,13,18H,2,5-6,9,12,25H2,1H3,(H,26,27)/t13-,18+/m0/s1. The third-order valence-corrected chi connectivity index (χ3v) is 6.15. The van der Waals surface area contributed by atoms with Crippen molar-refractivity contribution in [2.24, 2.45) is 5.92 Å². The molecule has 1 fully saturated rings. The van der Waals surface area contributed by atoms with Gasteiger partial charge in [0.05, 0.1) is 16.8 Å². The van der Waals surface area contributed by atoms with Crippen LogP contribution in [0.1, 0.15) is 74.8 Å². The summed E-state index contributed by atoms with van der Waals surface area (Å²) in [6.45, 7) is 1.66. The molecule has 1 amide bonds. The first-order valence-corrected chi connectivity index (χ1v) is 10.5. The summed E-state index contributed by atoms with van der Waals surface area (Å²) in [6.07, 6.45) is 4.20. The van der Waals surface area contributed by atoms with Crippen molar-refractivity contribution in [3.8, 4) is 0 Å². The Bertz CT molecular complexity index is 1090. The molecule has 1 saturated carbocycles. The second-order valence-electron chi connectivity index (χ2n) is 8.17. The number of rotatable bonds is 4. The Morgan fingerprint density at radius 1 is 1.00 bits per heavy atom. The van der Waals surface area contributed by atoms with Gasteiger partial charge in [-0.25, -0.2) is 4.79 Å². The number of esters is 1. The Labute approximate surface area is 180 Å². The fourth-order valence-corrected chi connectivity index (χ4v) is 4.38. The predicted molar refractivity (Wildman–Crippen MR) is 114 cm³/mol. The minimum absolute atomic E-state index is 0.00127. The van der Waals surface area contributed by atoms with E-state index >= 15 is 0 Å². The number of carbonyl (C=O) groups is 4. The van der Waals surface area contributed by atoms with Crippen LogP contribution in [0.15, 0.2) is 36.4 Å². The minimum Gasteiger partial charge on any atom is -0.452 e. The fraction of sp³-hybridized carbons (Fsp3) is 0.333. The number of benzene rings is 2. The van der Waals surface area contributed by atoms with Crippen molar-refractivity contribution in [2.75, 3.05) is 12.3 Å². The first kappa shape index (κ1) is 20.8. The topological polar surface area (TPSA) is 116 Å². The molecule has 2 atom stereocenters. The third kappa shape index (κ3) is 3.83. The van der Waals surface area contributed by atoms with E-state index in [2.05, 4.69) is 12.2 Å². The van der Waals surface area contributed by atoms with Crippen LogP contribution in [-0.4, -0.2) is 36.1 Å². The summed E-state index contributed by atoms with van der Waals surface area (Å²) in [6, 6.07) is 9.33. The molecule has 160 valence electrons. The molecule has 2 aliphatic rings. The Balaban J connectivity index is 1.49. The predicted octanol–water partition coefficient (Wildman–Crippen LogP) is 2.90. The smallest absolute Gasteiger partial charge is 0.340 e. The Hall–Kier alpha value is -3.48. The quantitative estimate of drug-likeness (QED) is 0.495. The maximum Gasteiger partial charge on any atom is 0.340 e. The van der Waals surface area contributed by atoms with Crippen molar-refractivity contribution in [1.29, 1.82) is 0 Å². The van der Waals surface area contributed by atoms with Crippen molar-refractivity contribution in [3.05, 3.63) is 64.2 Å². The Kier molecular flexibility index (Phi) is 5.59. The molecule has 0 heterocycles. The van der Waals surface area contributed by atoms with Crippen LogP contribution in [0, 0.1) is 5.92 Å². The van der Waals surface area contributed by atoms with Crippen LogP contribution in [-0.2, 0) is 9.53 Å². The number of nitrogen functional groups attached to an aromatic ring is 1. The van der Waals surface area contributed by atoms with E-state index in [1.807, 2.05) is 0 Å². The molecule has 2 aromatic rings. The lowest BCUT2D eigenvalue weighted by Crippen LogP contribution is -2.42. The van der Waals surface area contributed by atoms with Gasteiger partial charge in [0.2, 0.25) is 0 Å². The van der Waals surface area contributed by atoms with Crippen LogP contribution < -0.4 is 11.1 Å². The van der Waals surface area contributed by atoms with Gasteiger partial charge in [0, 0.05) is 22.7 Å². The molecule has 0 bridgehead atoms. The fourth-order valence-electron chi connectivity index (χ4n) is 4.38. The minimum atomic E-state index is -0.814. The van der Waals surface area contributed by atoms with Gasteiger partial charge < -0.3 is 15.8 Å². The van der Waals surface area contributed by atoms with Crippen molar-refractivity contribution in [3.63, 3.8) is 0 Å². The molecule has 7 nitrogen and oxygen atoms in total. The summed E-state index contributed by atoms with van der Waals surface area (Å²) in [5.41, 5.74) is 6.67. The number of fused-ring (bicyclic) bond motifs is 2. The summed E-state index contributed by atoms with van der Waals surface area (Å²) in [4.78, 5) is 50.5. The average Bonchev–Trinajstić information content (AvgIpc) is 2.77. The number of hydrogen-bond donors (Lipinski definition) is 2. The van der Waals surface area contributed by atoms with Gasteiger partial charge in [-0.3, -0.25) is 14.4 Å². The molecule has 31 heavy (non-hydrogen) atoms. The van der Waals surface area contributed by atoms with E-state index in [1.165, 1.54) is 12.1 Å². The molecule has 4 rings (SSSR count). The number of ketones is 2. The van der Waals surface area contributed by atoms with Gasteiger partial charge >= 0.3 is 5.97 Å². The Morgan fingerprint density at radius 2 is 1.68 bits per heavy atom. The van der Waals surface area contributed by atoms with Crippen LogP contribution in [0.5, 0.6) is 0 Å². The molecule has 0 spiro atoms. The molecule has 7 heteroatoms. The number of amides is 1. The molecule has 0 aromatic heterocycles. The summed E-state index contributed by atoms with van der Waals surface area (Å²) < 4.78 is 5.14. The molecule has 0 radical (unpaired) electrons. The monoisotopic (exact) mass is 420 g/mol. The number of nitrogens with one attached hydrogen (secondary N) is 1. The van der Waals surface area contributed by atoms with Crippen molar-refractivity contribution >= 4 is 29.1 Å². The van der Waals surface area contributed by atoms with Crippen LogP contribution in [0.25, 0.3) is 0 Å². The number of nitrogens with two attached hydrogens (primary N) is 1. The zero-order chi connectivity index (χ0) is 22.1. The summed E-state index contributed by atoms with van der Waals surface area (Å²) in [5, 5.41) is 2.92. The van der Waals surface area contributed by atoms with E-state index in [1.54, 1.807) is 24.3 Å². The van der Waals surface area contributed by atoms with Gasteiger partial charge in [0.1, 0.15) is 0 Å². The summed E-state index contributed by atoms with van der Waals surface area (Å²) in [7, 11) is 0. The second kappa shape index (κ2) is 8.34. The van der Waals surface area contributed by atoms with Crippen LogP contribution in [0.2, 0.25) is 0 Å². The van der Waals surface area contributed by atoms with Gasteiger partial charge in [0.15, 0.2) is 18.2 Å². The van der Waals surface area contributed by atoms with Gasteiger partial charge in [-0.05, 0) is 30.9 Å². The van der Waals surface area contributed by atoms with Crippen LogP contribution in [0.3, 0.4) is 0 Å². The van der Waals surface area contributed by atoms with Gasteiger partial charge in [-0.2, -0.15) is 0 Å². The number of hydrogen-bond acceptors (Lipinski definition) is 6. The van der Waals surface area contributed by atoms with Crippen LogP contribution >= 0.6 is 0 Å². The first-order chi connectivity index (χ1) is 14.9. The highest BCUT2D eigenvalue weighted by Gasteiger charge is 2.33. The van der Waals surface area contributed by atoms with E-state index in [0.717, 1.165) is 25.7 Å². The number of ether oxygens (including phenoxy) is 1. The van der Waals surface area contributed by atoms with E-state index in [9.17, 15) is 19.2 Å². The Morgan fingerprint density at radius 3 is 2.39 bits per heavy atom. The normalized spacial score (nSPS) is 19.9. The van der Waals surface area contributed by atoms with E-state index < -0.39 is 18.4 Å². The highest BCUT2D eigenvalue weighted by molar-refractivity contribution is 6.30. The van der Waals surface area contributed by atoms with Gasteiger partial charge in [0.25, 0.3) is 5.91 Å². The second-order valence-corrected chi connectivity index (χ2v) is 8.17. The zero-order valence-electron chi connectivity index (χ0n) is 17.3. The largest absolute Gasteiger partial charge is 0.452 e. The molecule has 0 saturated heterocycles. The molecular weight excluding hydrogens is 396 g/mol. The molecule has 2 aliphatic carbocycles. The van der Waals surface area contributed by atoms with E-state index in [-0.39, 0.29) is 45.7 Å². The zero-order valence-corrected chi connectivity index (χ0v) is 17.3. The van der Waals surface area contributed by atoms with Crippen LogP contribution in [0.4, 0.5) is 5.69 Å². The van der Waals surface area contributed by atoms with E-state index in [4.69, 9.17) is 10.5 Å². The van der Waals surface area contributed by atoms with Gasteiger partial charge in [-0.15, -0.1) is 0 Å². The lowest BCUT2D eigenvalue weighted by molar-refractivity contribution is -0.125. The first-order valence-electron chi connectivity index (χ1n) is 10.5. The third-order valence-electron chi connectivity index (χ3n) is 6.15. The van der Waals surface area contributed by atoms with Crippen molar-refractivity contribution in [2.45, 2.75) is 38.6 Å². The molecule has 3 N–H and O–H groups in total. The maximum atomic E-state index is 12.9. The highest BCUT2D eigenvalue weighted by Crippen LogP contribution is 2.33. The lowest BCUT2D eigenvalue weighted by Gasteiger charge is -2.29. The molecule has 0 unspecified atom stereocenters. The lowest BCUT2D eigenvalue weighted by atomic mass is 9.82.